The predicted molar refractivity (Wildman–Crippen MR) is 180 cm³/mol. The summed E-state index contributed by atoms with van der Waals surface area (Å²) >= 11 is 0. The second-order valence-electron chi connectivity index (χ2n) is 12.9. The Hall–Kier alpha value is -4.14. The number of rotatable bonds is 8. The fourth-order valence-corrected chi connectivity index (χ4v) is 7.13. The molecule has 3 aliphatic rings. The molecule has 47 heavy (non-hydrogen) atoms. The smallest absolute Gasteiger partial charge is 0.261 e. The number of imide groups is 1. The first-order valence-electron chi connectivity index (χ1n) is 16.9. The molecule has 2 amide bonds. The van der Waals surface area contributed by atoms with E-state index in [9.17, 15) is 14.7 Å². The monoisotopic (exact) mass is 630 g/mol. The van der Waals surface area contributed by atoms with Crippen LogP contribution in [0.4, 0.5) is 0 Å². The topological polar surface area (TPSA) is 79.3 Å². The van der Waals surface area contributed by atoms with Crippen molar-refractivity contribution in [3.63, 3.8) is 0 Å². The second-order valence-corrected chi connectivity index (χ2v) is 12.9. The van der Waals surface area contributed by atoms with Gasteiger partial charge in [-0.15, -0.1) is 0 Å². The predicted octanol–water partition coefficient (Wildman–Crippen LogP) is 7.45. The molecular weight excluding hydrogens is 588 g/mol. The number of benzene rings is 4. The van der Waals surface area contributed by atoms with Crippen LogP contribution in [0.2, 0.25) is 0 Å². The maximum atomic E-state index is 13.1. The van der Waals surface area contributed by atoms with E-state index in [4.69, 9.17) is 9.47 Å². The molecule has 7 heteroatoms. The fraction of sp³-hybridized carbons (Fsp3) is 0.350. The molecule has 0 spiro atoms. The van der Waals surface area contributed by atoms with Crippen molar-refractivity contribution >= 4 is 11.8 Å². The zero-order valence-electron chi connectivity index (χ0n) is 26.7. The van der Waals surface area contributed by atoms with E-state index < -0.39 is 6.29 Å². The highest BCUT2D eigenvalue weighted by molar-refractivity contribution is 6.21. The SMILES string of the molecule is O=C1c2ccccc2C(=O)N1Cc1ccccc1-c1ccc([C@@H]2O[C@H](CN3CCCCCCC3)C[C@H](c3ccc(CO)cc3)O2)cc1. The molecule has 7 nitrogen and oxygen atoms in total. The van der Waals surface area contributed by atoms with E-state index in [1.807, 2.05) is 36.4 Å². The van der Waals surface area contributed by atoms with Crippen LogP contribution in [0, 0.1) is 0 Å². The Balaban J connectivity index is 1.11. The van der Waals surface area contributed by atoms with Crippen LogP contribution < -0.4 is 0 Å². The molecule has 0 saturated carbocycles. The number of aliphatic hydroxyl groups is 1. The van der Waals surface area contributed by atoms with Gasteiger partial charge in [-0.25, -0.2) is 0 Å². The van der Waals surface area contributed by atoms with Crippen LogP contribution in [0.5, 0.6) is 0 Å². The van der Waals surface area contributed by atoms with Gasteiger partial charge in [0.25, 0.3) is 11.8 Å². The number of carbonyl (C=O) groups is 2. The minimum atomic E-state index is -0.520. The average molecular weight is 631 g/mol. The molecule has 3 heterocycles. The van der Waals surface area contributed by atoms with E-state index in [0.29, 0.717) is 11.1 Å². The van der Waals surface area contributed by atoms with E-state index in [0.717, 1.165) is 59.4 Å². The summed E-state index contributed by atoms with van der Waals surface area (Å²) in [5, 5.41) is 9.56. The lowest BCUT2D eigenvalue weighted by molar-refractivity contribution is -0.253. The average Bonchev–Trinajstić information content (AvgIpc) is 3.34. The zero-order chi connectivity index (χ0) is 32.2. The van der Waals surface area contributed by atoms with Crippen molar-refractivity contribution in [3.05, 3.63) is 130 Å². The standard InChI is InChI=1S/C40H42N2O5/c43-27-28-14-16-30(17-15-28)37-24-33(26-41-22-8-2-1-3-9-23-41)46-40(47-37)31-20-18-29(19-21-31)34-11-5-4-10-32(34)25-42-38(44)35-12-6-7-13-36(35)39(42)45/h4-7,10-21,33,37,40,43H,1-3,8-9,22-27H2/t33-,37+,40+/m0/s1. The molecule has 0 bridgehead atoms. The van der Waals surface area contributed by atoms with E-state index in [1.165, 1.54) is 37.0 Å². The van der Waals surface area contributed by atoms with Crippen molar-refractivity contribution in [2.45, 2.75) is 70.2 Å². The quantitative estimate of drug-likeness (QED) is 0.204. The molecule has 242 valence electrons. The maximum absolute atomic E-state index is 13.1. The molecule has 1 N–H and O–H groups in total. The first-order chi connectivity index (χ1) is 23.1. The molecule has 0 aliphatic carbocycles. The summed E-state index contributed by atoms with van der Waals surface area (Å²) in [6.45, 7) is 3.32. The highest BCUT2D eigenvalue weighted by Gasteiger charge is 2.36. The lowest BCUT2D eigenvalue weighted by Gasteiger charge is -2.39. The Kier molecular flexibility index (Phi) is 9.58. The van der Waals surface area contributed by atoms with Crippen molar-refractivity contribution in [2.75, 3.05) is 19.6 Å². The Labute approximate surface area is 276 Å². The third kappa shape index (κ3) is 6.94. The summed E-state index contributed by atoms with van der Waals surface area (Å²) in [7, 11) is 0. The highest BCUT2D eigenvalue weighted by Crippen LogP contribution is 2.39. The Morgan fingerprint density at radius 1 is 0.660 bits per heavy atom. The van der Waals surface area contributed by atoms with Crippen LogP contribution in [-0.2, 0) is 22.6 Å². The minimum Gasteiger partial charge on any atom is -0.392 e. The zero-order valence-corrected chi connectivity index (χ0v) is 26.7. The van der Waals surface area contributed by atoms with Crippen LogP contribution in [0.1, 0.15) is 93.9 Å². The number of likely N-dealkylation sites (tertiary alicyclic amines) is 1. The summed E-state index contributed by atoms with van der Waals surface area (Å²) < 4.78 is 13.3. The molecule has 3 aliphatic heterocycles. The van der Waals surface area contributed by atoms with Crippen molar-refractivity contribution < 1.29 is 24.2 Å². The van der Waals surface area contributed by atoms with Gasteiger partial charge in [-0.3, -0.25) is 14.5 Å². The van der Waals surface area contributed by atoms with Crippen LogP contribution in [0.15, 0.2) is 97.1 Å². The number of nitrogens with zero attached hydrogens (tertiary/aromatic N) is 2. The summed E-state index contributed by atoms with van der Waals surface area (Å²) in [6.07, 6.45) is 6.53. The van der Waals surface area contributed by atoms with Gasteiger partial charge < -0.3 is 19.5 Å². The molecule has 0 radical (unpaired) electrons. The van der Waals surface area contributed by atoms with Gasteiger partial charge in [0.1, 0.15) is 0 Å². The van der Waals surface area contributed by atoms with Gasteiger partial charge in [0.15, 0.2) is 6.29 Å². The van der Waals surface area contributed by atoms with E-state index >= 15 is 0 Å². The summed E-state index contributed by atoms with van der Waals surface area (Å²) in [4.78, 5) is 30.1. The summed E-state index contributed by atoms with van der Waals surface area (Å²) in [5.74, 6) is -0.513. The lowest BCUT2D eigenvalue weighted by Crippen LogP contribution is -2.40. The fourth-order valence-electron chi connectivity index (χ4n) is 7.13. The van der Waals surface area contributed by atoms with Crippen molar-refractivity contribution in [1.82, 2.24) is 9.80 Å². The van der Waals surface area contributed by atoms with Crippen LogP contribution in [-0.4, -0.2) is 52.5 Å². The number of aliphatic hydroxyl groups excluding tert-OH is 1. The molecular formula is C40H42N2O5. The van der Waals surface area contributed by atoms with Gasteiger partial charge in [-0.1, -0.05) is 104 Å². The number of hydrogen-bond acceptors (Lipinski definition) is 6. The third-order valence-corrected chi connectivity index (χ3v) is 9.74. The highest BCUT2D eigenvalue weighted by atomic mass is 16.7. The van der Waals surface area contributed by atoms with E-state index in [-0.39, 0.29) is 37.2 Å². The van der Waals surface area contributed by atoms with Crippen molar-refractivity contribution in [2.24, 2.45) is 0 Å². The van der Waals surface area contributed by atoms with Crippen molar-refractivity contribution in [1.29, 1.82) is 0 Å². The normalized spacial score (nSPS) is 22.1. The van der Waals surface area contributed by atoms with Crippen molar-refractivity contribution in [3.8, 4) is 11.1 Å². The third-order valence-electron chi connectivity index (χ3n) is 9.74. The maximum Gasteiger partial charge on any atom is 0.261 e. The molecule has 3 atom stereocenters. The number of amides is 2. The summed E-state index contributed by atoms with van der Waals surface area (Å²) in [5.41, 5.74) is 6.70. The molecule has 4 aromatic rings. The molecule has 0 aromatic heterocycles. The number of fused-ring (bicyclic) bond motifs is 1. The van der Waals surface area contributed by atoms with Gasteiger partial charge in [-0.2, -0.15) is 0 Å². The van der Waals surface area contributed by atoms with Gasteiger partial charge in [-0.05, 0) is 65.9 Å². The molecule has 0 unspecified atom stereocenters. The lowest BCUT2D eigenvalue weighted by atomic mass is 9.97. The van der Waals surface area contributed by atoms with E-state index in [1.54, 1.807) is 24.3 Å². The second kappa shape index (κ2) is 14.3. The van der Waals surface area contributed by atoms with Crippen LogP contribution >= 0.6 is 0 Å². The Morgan fingerprint density at radius 2 is 1.26 bits per heavy atom. The molecule has 2 fully saturated rings. The van der Waals surface area contributed by atoms with Gasteiger partial charge in [0.2, 0.25) is 0 Å². The molecule has 4 aromatic carbocycles. The first kappa shape index (κ1) is 31.5. The van der Waals surface area contributed by atoms with Crippen LogP contribution in [0.25, 0.3) is 11.1 Å². The summed E-state index contributed by atoms with van der Waals surface area (Å²) in [6, 6.07) is 31.2. The largest absolute Gasteiger partial charge is 0.392 e. The van der Waals surface area contributed by atoms with Gasteiger partial charge in [0.05, 0.1) is 36.5 Å². The Bertz CT molecular complexity index is 1660. The number of carbonyl (C=O) groups excluding carboxylic acids is 2. The molecule has 7 rings (SSSR count). The Morgan fingerprint density at radius 3 is 1.91 bits per heavy atom. The van der Waals surface area contributed by atoms with Crippen LogP contribution in [0.3, 0.4) is 0 Å². The molecule has 2 saturated heterocycles. The van der Waals surface area contributed by atoms with Gasteiger partial charge >= 0.3 is 0 Å². The van der Waals surface area contributed by atoms with E-state index in [2.05, 4.69) is 41.3 Å². The number of hydrogen-bond donors (Lipinski definition) is 1. The number of ether oxygens (including phenoxy) is 2. The minimum absolute atomic E-state index is 0.0168. The first-order valence-corrected chi connectivity index (χ1v) is 16.9. The van der Waals surface area contributed by atoms with Gasteiger partial charge in [0, 0.05) is 18.5 Å².